The van der Waals surface area contributed by atoms with Crippen LogP contribution < -0.4 is 11.4 Å². The van der Waals surface area contributed by atoms with E-state index in [-0.39, 0.29) is 5.65 Å². The Morgan fingerprint density at radius 2 is 2.10 bits per heavy atom. The van der Waals surface area contributed by atoms with Gasteiger partial charge in [0, 0.05) is 12.4 Å². The predicted molar refractivity (Wildman–Crippen MR) is 67.4 cm³/mol. The lowest BCUT2D eigenvalue weighted by atomic mass is 10.1. The molecule has 0 spiro atoms. The SMILES string of the molecule is O=c1ncc2cn([C@@H]3O[C@H](CO)C(O)[C@@H]3O)c(=O)nc2[nH]1. The number of nitrogens with zero attached hydrogens (tertiary/aromatic N) is 3. The summed E-state index contributed by atoms with van der Waals surface area (Å²) in [7, 11) is 0. The minimum absolute atomic E-state index is 0.0583. The standard InChI is InChI=1S/C11H12N4O6/c16-3-5-6(17)7(18)9(21-5)15-2-4-1-12-10(19)13-8(4)14-11(15)20/h1-2,5-7,9,16-18H,3H2,(H,13,14,19,20)/t5-,6?,7+,9-/m1/s1. The van der Waals surface area contributed by atoms with Gasteiger partial charge in [0.05, 0.1) is 12.0 Å². The molecular weight excluding hydrogens is 284 g/mol. The molecule has 3 rings (SSSR count). The van der Waals surface area contributed by atoms with Gasteiger partial charge in [0.15, 0.2) is 6.23 Å². The van der Waals surface area contributed by atoms with Crippen LogP contribution in [0, 0.1) is 0 Å². The predicted octanol–water partition coefficient (Wildman–Crippen LogP) is -2.91. The van der Waals surface area contributed by atoms with Crippen LogP contribution in [-0.4, -0.2) is 59.8 Å². The molecule has 0 aliphatic carbocycles. The average Bonchev–Trinajstić information content (AvgIpc) is 2.74. The molecule has 0 bridgehead atoms. The average molecular weight is 296 g/mol. The lowest BCUT2D eigenvalue weighted by molar-refractivity contribution is -0.0547. The van der Waals surface area contributed by atoms with E-state index in [0.29, 0.717) is 5.39 Å². The minimum atomic E-state index is -1.39. The number of aliphatic hydroxyl groups excluding tert-OH is 3. The molecule has 0 aromatic carbocycles. The van der Waals surface area contributed by atoms with E-state index in [1.807, 2.05) is 0 Å². The summed E-state index contributed by atoms with van der Waals surface area (Å²) in [4.78, 5) is 32.5. The van der Waals surface area contributed by atoms with E-state index in [9.17, 15) is 19.8 Å². The zero-order valence-corrected chi connectivity index (χ0v) is 10.6. The molecule has 1 aliphatic rings. The molecule has 1 unspecified atom stereocenters. The van der Waals surface area contributed by atoms with Crippen molar-refractivity contribution in [2.24, 2.45) is 0 Å². The summed E-state index contributed by atoms with van der Waals surface area (Å²) in [5.74, 6) is 0. The van der Waals surface area contributed by atoms with Gasteiger partial charge in [0.1, 0.15) is 24.0 Å². The van der Waals surface area contributed by atoms with Gasteiger partial charge in [-0.05, 0) is 0 Å². The highest BCUT2D eigenvalue weighted by molar-refractivity contribution is 5.71. The first-order valence-corrected chi connectivity index (χ1v) is 6.12. The number of nitrogens with one attached hydrogen (secondary N) is 1. The number of ether oxygens (including phenoxy) is 1. The van der Waals surface area contributed by atoms with E-state index in [2.05, 4.69) is 15.0 Å². The summed E-state index contributed by atoms with van der Waals surface area (Å²) >= 11 is 0. The summed E-state index contributed by atoms with van der Waals surface area (Å²) in [6.07, 6.45) is -2.38. The van der Waals surface area contributed by atoms with E-state index in [1.54, 1.807) is 0 Å². The number of H-pyrrole nitrogens is 1. The van der Waals surface area contributed by atoms with Gasteiger partial charge in [0.2, 0.25) is 0 Å². The molecule has 0 radical (unpaired) electrons. The van der Waals surface area contributed by atoms with Crippen molar-refractivity contribution in [3.63, 3.8) is 0 Å². The Bertz CT molecular complexity index is 786. The van der Waals surface area contributed by atoms with E-state index in [1.165, 1.54) is 12.4 Å². The second-order valence-corrected chi connectivity index (χ2v) is 4.65. The summed E-state index contributed by atoms with van der Waals surface area (Å²) in [5.41, 5.74) is -1.36. The second-order valence-electron chi connectivity index (χ2n) is 4.65. The van der Waals surface area contributed by atoms with Crippen molar-refractivity contribution in [3.8, 4) is 0 Å². The van der Waals surface area contributed by atoms with E-state index >= 15 is 0 Å². The molecule has 3 heterocycles. The van der Waals surface area contributed by atoms with Crippen LogP contribution in [0.15, 0.2) is 22.0 Å². The highest BCUT2D eigenvalue weighted by Gasteiger charge is 2.43. The fourth-order valence-electron chi connectivity index (χ4n) is 2.23. The van der Waals surface area contributed by atoms with Crippen molar-refractivity contribution >= 4 is 11.0 Å². The van der Waals surface area contributed by atoms with Crippen LogP contribution in [0.5, 0.6) is 0 Å². The number of fused-ring (bicyclic) bond motifs is 1. The summed E-state index contributed by atoms with van der Waals surface area (Å²) in [6.45, 7) is -0.501. The van der Waals surface area contributed by atoms with Crippen molar-refractivity contribution in [2.45, 2.75) is 24.5 Å². The molecule has 0 saturated carbocycles. The number of aromatic amines is 1. The molecule has 1 aliphatic heterocycles. The maximum Gasteiger partial charge on any atom is 0.351 e. The van der Waals surface area contributed by atoms with Gasteiger partial charge in [0.25, 0.3) is 0 Å². The minimum Gasteiger partial charge on any atom is -0.394 e. The Labute approximate surface area is 116 Å². The third-order valence-corrected chi connectivity index (χ3v) is 3.32. The lowest BCUT2D eigenvalue weighted by Gasteiger charge is -2.17. The number of hydrogen-bond donors (Lipinski definition) is 4. The van der Waals surface area contributed by atoms with Gasteiger partial charge in [-0.2, -0.15) is 4.98 Å². The second kappa shape index (κ2) is 5.00. The van der Waals surface area contributed by atoms with Gasteiger partial charge in [-0.15, -0.1) is 0 Å². The molecule has 4 atom stereocenters. The highest BCUT2D eigenvalue weighted by Crippen LogP contribution is 2.28. The molecule has 2 aromatic rings. The largest absolute Gasteiger partial charge is 0.394 e. The molecule has 1 fully saturated rings. The normalized spacial score (nSPS) is 29.1. The fourth-order valence-corrected chi connectivity index (χ4v) is 2.23. The zero-order chi connectivity index (χ0) is 15.1. The van der Waals surface area contributed by atoms with Crippen LogP contribution >= 0.6 is 0 Å². The summed E-state index contributed by atoms with van der Waals surface area (Å²) in [6, 6.07) is 0. The first kappa shape index (κ1) is 13.8. The summed E-state index contributed by atoms with van der Waals surface area (Å²) in [5, 5.41) is 29.0. The molecule has 4 N–H and O–H groups in total. The first-order chi connectivity index (χ1) is 10.0. The number of hydrogen-bond acceptors (Lipinski definition) is 8. The molecular formula is C11H12N4O6. The Kier molecular flexibility index (Phi) is 3.29. The van der Waals surface area contributed by atoms with Crippen LogP contribution in [-0.2, 0) is 4.74 Å². The van der Waals surface area contributed by atoms with E-state index in [4.69, 9.17) is 9.84 Å². The van der Waals surface area contributed by atoms with Crippen molar-refractivity contribution in [1.29, 1.82) is 0 Å². The van der Waals surface area contributed by atoms with Crippen LogP contribution in [0.3, 0.4) is 0 Å². The van der Waals surface area contributed by atoms with Gasteiger partial charge in [-0.25, -0.2) is 14.6 Å². The molecule has 21 heavy (non-hydrogen) atoms. The highest BCUT2D eigenvalue weighted by atomic mass is 16.6. The van der Waals surface area contributed by atoms with Gasteiger partial charge < -0.3 is 20.1 Å². The third-order valence-electron chi connectivity index (χ3n) is 3.32. The maximum atomic E-state index is 12.0. The van der Waals surface area contributed by atoms with Crippen LogP contribution in [0.2, 0.25) is 0 Å². The number of aliphatic hydroxyl groups is 3. The van der Waals surface area contributed by atoms with E-state index in [0.717, 1.165) is 4.57 Å². The van der Waals surface area contributed by atoms with Gasteiger partial charge >= 0.3 is 11.4 Å². The van der Waals surface area contributed by atoms with Gasteiger partial charge in [-0.1, -0.05) is 0 Å². The van der Waals surface area contributed by atoms with Crippen LogP contribution in [0.4, 0.5) is 0 Å². The van der Waals surface area contributed by atoms with Gasteiger partial charge in [-0.3, -0.25) is 9.55 Å². The van der Waals surface area contributed by atoms with Crippen LogP contribution in [0.25, 0.3) is 11.0 Å². The molecule has 112 valence electrons. The Balaban J connectivity index is 2.09. The van der Waals surface area contributed by atoms with Crippen LogP contribution in [0.1, 0.15) is 6.23 Å². The molecule has 2 aromatic heterocycles. The lowest BCUT2D eigenvalue weighted by Crippen LogP contribution is -2.36. The Hall–Kier alpha value is -2.14. The Morgan fingerprint density at radius 3 is 2.76 bits per heavy atom. The molecule has 0 amide bonds. The van der Waals surface area contributed by atoms with E-state index < -0.39 is 42.5 Å². The fraction of sp³-hybridized carbons (Fsp3) is 0.455. The smallest absolute Gasteiger partial charge is 0.351 e. The molecule has 1 saturated heterocycles. The first-order valence-electron chi connectivity index (χ1n) is 6.12. The maximum absolute atomic E-state index is 12.0. The summed E-state index contributed by atoms with van der Waals surface area (Å²) < 4.78 is 6.23. The number of rotatable bonds is 2. The van der Waals surface area contributed by atoms with Crippen molar-refractivity contribution in [3.05, 3.63) is 33.4 Å². The monoisotopic (exact) mass is 296 g/mol. The van der Waals surface area contributed by atoms with Crippen molar-refractivity contribution < 1.29 is 20.1 Å². The molecule has 10 nitrogen and oxygen atoms in total. The quantitative estimate of drug-likeness (QED) is 0.460. The number of aromatic nitrogens is 4. The molecule has 10 heteroatoms. The zero-order valence-electron chi connectivity index (χ0n) is 10.6. The van der Waals surface area contributed by atoms with Crippen molar-refractivity contribution in [1.82, 2.24) is 19.5 Å². The Morgan fingerprint density at radius 1 is 1.33 bits per heavy atom. The topological polar surface area (TPSA) is 151 Å². The third kappa shape index (κ3) is 2.23. The van der Waals surface area contributed by atoms with Crippen molar-refractivity contribution in [2.75, 3.05) is 6.61 Å².